The van der Waals surface area contributed by atoms with Crippen LogP contribution >= 0.6 is 11.3 Å². The monoisotopic (exact) mass is 337 g/mol. The van der Waals surface area contributed by atoms with Crippen LogP contribution in [-0.2, 0) is 22.5 Å². The summed E-state index contributed by atoms with van der Waals surface area (Å²) >= 11 is 1.47. The van der Waals surface area contributed by atoms with E-state index in [9.17, 15) is 9.59 Å². The van der Waals surface area contributed by atoms with E-state index in [-0.39, 0.29) is 17.9 Å². The van der Waals surface area contributed by atoms with Crippen LogP contribution in [0.1, 0.15) is 49.6 Å². The summed E-state index contributed by atoms with van der Waals surface area (Å²) in [6.45, 7) is 3.32. The highest BCUT2D eigenvalue weighted by Crippen LogP contribution is 2.30. The van der Waals surface area contributed by atoms with Crippen molar-refractivity contribution in [2.24, 2.45) is 5.92 Å². The molecule has 0 unspecified atom stereocenters. The summed E-state index contributed by atoms with van der Waals surface area (Å²) in [5.41, 5.74) is 0.995. The van der Waals surface area contributed by atoms with Crippen LogP contribution in [-0.4, -0.2) is 35.0 Å². The molecule has 7 heteroatoms. The fourth-order valence-electron chi connectivity index (χ4n) is 3.19. The Balaban J connectivity index is 1.61. The van der Waals surface area contributed by atoms with E-state index in [1.807, 2.05) is 0 Å². The number of rotatable bonds is 3. The molecule has 3 rings (SSSR count). The molecule has 1 aliphatic heterocycles. The van der Waals surface area contributed by atoms with E-state index in [1.165, 1.54) is 17.8 Å². The van der Waals surface area contributed by atoms with E-state index in [2.05, 4.69) is 10.3 Å². The van der Waals surface area contributed by atoms with Gasteiger partial charge in [0.1, 0.15) is 0 Å². The normalized spacial score (nSPS) is 18.4. The number of nitrogens with one attached hydrogen (secondary N) is 1. The first-order valence-corrected chi connectivity index (χ1v) is 9.20. The Bertz CT molecular complexity index is 581. The van der Waals surface area contributed by atoms with E-state index in [4.69, 9.17) is 4.74 Å². The van der Waals surface area contributed by atoms with Crippen molar-refractivity contribution < 1.29 is 14.3 Å². The molecule has 23 heavy (non-hydrogen) atoms. The van der Waals surface area contributed by atoms with Crippen molar-refractivity contribution in [2.45, 2.75) is 52.0 Å². The SMILES string of the molecule is CCOC(=O)N1CCc2nc(NC(=O)C3CCCCC3)sc2C1. The Morgan fingerprint density at radius 2 is 2.13 bits per heavy atom. The van der Waals surface area contributed by atoms with Crippen LogP contribution in [0.3, 0.4) is 0 Å². The number of amides is 2. The summed E-state index contributed by atoms with van der Waals surface area (Å²) in [4.78, 5) is 31.4. The summed E-state index contributed by atoms with van der Waals surface area (Å²) < 4.78 is 5.05. The smallest absolute Gasteiger partial charge is 0.410 e. The van der Waals surface area contributed by atoms with Gasteiger partial charge in [0.15, 0.2) is 5.13 Å². The highest BCUT2D eigenvalue weighted by molar-refractivity contribution is 7.15. The molecular weight excluding hydrogens is 314 g/mol. The van der Waals surface area contributed by atoms with Crippen molar-refractivity contribution >= 4 is 28.5 Å². The Kier molecular flexibility index (Phi) is 5.15. The molecule has 6 nitrogen and oxygen atoms in total. The maximum absolute atomic E-state index is 12.3. The molecular formula is C16H23N3O3S. The molecule has 0 spiro atoms. The lowest BCUT2D eigenvalue weighted by atomic mass is 9.89. The van der Waals surface area contributed by atoms with Gasteiger partial charge in [-0.3, -0.25) is 4.79 Å². The zero-order chi connectivity index (χ0) is 16.2. The van der Waals surface area contributed by atoms with Gasteiger partial charge in [-0.05, 0) is 19.8 Å². The van der Waals surface area contributed by atoms with Gasteiger partial charge in [-0.1, -0.05) is 30.6 Å². The molecule has 2 amide bonds. The third kappa shape index (κ3) is 3.83. The van der Waals surface area contributed by atoms with Crippen LogP contribution < -0.4 is 5.32 Å². The maximum Gasteiger partial charge on any atom is 0.410 e. The highest BCUT2D eigenvalue weighted by Gasteiger charge is 2.26. The van der Waals surface area contributed by atoms with Gasteiger partial charge in [0.2, 0.25) is 5.91 Å². The number of anilines is 1. The van der Waals surface area contributed by atoms with Gasteiger partial charge in [0, 0.05) is 23.8 Å². The maximum atomic E-state index is 12.3. The van der Waals surface area contributed by atoms with Crippen molar-refractivity contribution in [3.05, 3.63) is 10.6 Å². The predicted octanol–water partition coefficient (Wildman–Crippen LogP) is 3.18. The van der Waals surface area contributed by atoms with Crippen LogP contribution in [0.4, 0.5) is 9.93 Å². The summed E-state index contributed by atoms with van der Waals surface area (Å²) in [6.07, 6.45) is 5.91. The second-order valence-corrected chi connectivity index (χ2v) is 7.17. The topological polar surface area (TPSA) is 71.5 Å². The largest absolute Gasteiger partial charge is 0.450 e. The molecule has 0 saturated heterocycles. The van der Waals surface area contributed by atoms with Gasteiger partial charge < -0.3 is 15.0 Å². The van der Waals surface area contributed by atoms with Crippen LogP contribution in [0.2, 0.25) is 0 Å². The molecule has 0 radical (unpaired) electrons. The number of thiazole rings is 1. The molecule has 1 aromatic rings. The lowest BCUT2D eigenvalue weighted by Gasteiger charge is -2.24. The molecule has 2 heterocycles. The summed E-state index contributed by atoms with van der Waals surface area (Å²) in [5, 5.41) is 3.64. The predicted molar refractivity (Wildman–Crippen MR) is 88.5 cm³/mol. The lowest BCUT2D eigenvalue weighted by Crippen LogP contribution is -2.35. The highest BCUT2D eigenvalue weighted by atomic mass is 32.1. The number of hydrogen-bond donors (Lipinski definition) is 1. The Morgan fingerprint density at radius 3 is 2.87 bits per heavy atom. The molecule has 1 aromatic heterocycles. The van der Waals surface area contributed by atoms with Crippen molar-refractivity contribution in [2.75, 3.05) is 18.5 Å². The second kappa shape index (κ2) is 7.29. The van der Waals surface area contributed by atoms with Gasteiger partial charge >= 0.3 is 6.09 Å². The summed E-state index contributed by atoms with van der Waals surface area (Å²) in [5.74, 6) is 0.221. The van der Waals surface area contributed by atoms with Gasteiger partial charge in [-0.25, -0.2) is 9.78 Å². The second-order valence-electron chi connectivity index (χ2n) is 6.08. The Labute approximate surface area is 140 Å². The quantitative estimate of drug-likeness (QED) is 0.919. The number of nitrogens with zero attached hydrogens (tertiary/aromatic N) is 2. The number of fused-ring (bicyclic) bond motifs is 1. The third-order valence-corrected chi connectivity index (χ3v) is 5.46. The molecule has 0 aromatic carbocycles. The molecule has 1 fully saturated rings. The van der Waals surface area contributed by atoms with Gasteiger partial charge in [0.05, 0.1) is 18.8 Å². The van der Waals surface area contributed by atoms with Crippen LogP contribution in [0, 0.1) is 5.92 Å². The van der Waals surface area contributed by atoms with Gasteiger partial charge in [-0.15, -0.1) is 0 Å². The van der Waals surface area contributed by atoms with Crippen molar-refractivity contribution in [3.63, 3.8) is 0 Å². The first-order chi connectivity index (χ1) is 11.2. The Hall–Kier alpha value is -1.63. The van der Waals surface area contributed by atoms with E-state index in [0.29, 0.717) is 31.2 Å². The molecule has 1 N–H and O–H groups in total. The van der Waals surface area contributed by atoms with Crippen LogP contribution in [0.15, 0.2) is 0 Å². The fourth-order valence-corrected chi connectivity index (χ4v) is 4.22. The molecule has 0 bridgehead atoms. The summed E-state index contributed by atoms with van der Waals surface area (Å²) in [6, 6.07) is 0. The molecule has 126 valence electrons. The first-order valence-electron chi connectivity index (χ1n) is 8.38. The van der Waals surface area contributed by atoms with E-state index in [1.54, 1.807) is 11.8 Å². The summed E-state index contributed by atoms with van der Waals surface area (Å²) in [7, 11) is 0. The average molecular weight is 337 g/mol. The number of ether oxygens (including phenoxy) is 1. The van der Waals surface area contributed by atoms with Gasteiger partial charge in [0.25, 0.3) is 0 Å². The lowest BCUT2D eigenvalue weighted by molar-refractivity contribution is -0.120. The molecule has 1 aliphatic carbocycles. The number of carbonyl (C=O) groups is 2. The molecule has 1 saturated carbocycles. The van der Waals surface area contributed by atoms with Crippen LogP contribution in [0.5, 0.6) is 0 Å². The third-order valence-electron chi connectivity index (χ3n) is 4.46. The van der Waals surface area contributed by atoms with Crippen molar-refractivity contribution in [1.82, 2.24) is 9.88 Å². The van der Waals surface area contributed by atoms with Crippen LogP contribution in [0.25, 0.3) is 0 Å². The minimum absolute atomic E-state index is 0.0954. The first kappa shape index (κ1) is 16.2. The van der Waals surface area contributed by atoms with E-state index >= 15 is 0 Å². The Morgan fingerprint density at radius 1 is 1.35 bits per heavy atom. The molecule has 2 aliphatic rings. The van der Waals surface area contributed by atoms with Crippen molar-refractivity contribution in [1.29, 1.82) is 0 Å². The minimum atomic E-state index is -0.278. The minimum Gasteiger partial charge on any atom is -0.450 e. The fraction of sp³-hybridized carbons (Fsp3) is 0.688. The van der Waals surface area contributed by atoms with E-state index in [0.717, 1.165) is 36.3 Å². The van der Waals surface area contributed by atoms with Gasteiger partial charge in [-0.2, -0.15) is 0 Å². The number of aromatic nitrogens is 1. The molecule has 0 atom stereocenters. The number of carbonyl (C=O) groups excluding carboxylic acids is 2. The van der Waals surface area contributed by atoms with Crippen molar-refractivity contribution in [3.8, 4) is 0 Å². The number of hydrogen-bond acceptors (Lipinski definition) is 5. The standard InChI is InChI=1S/C16H23N3O3S/c1-2-22-16(21)19-9-8-12-13(10-19)23-15(17-12)18-14(20)11-6-4-3-5-7-11/h11H,2-10H2,1H3,(H,17,18,20). The zero-order valence-corrected chi connectivity index (χ0v) is 14.3. The zero-order valence-electron chi connectivity index (χ0n) is 13.5. The average Bonchev–Trinajstić information content (AvgIpc) is 2.97. The van der Waals surface area contributed by atoms with E-state index < -0.39 is 0 Å².